The quantitative estimate of drug-likeness (QED) is 0.821. The Morgan fingerprint density at radius 2 is 2.33 bits per heavy atom. The Labute approximate surface area is 86.8 Å². The van der Waals surface area contributed by atoms with Gasteiger partial charge >= 0.3 is 6.18 Å². The van der Waals surface area contributed by atoms with Gasteiger partial charge in [0.15, 0.2) is 11.1 Å². The number of aromatic nitrogens is 1. The molecule has 0 saturated carbocycles. The van der Waals surface area contributed by atoms with Crippen LogP contribution in [0.3, 0.4) is 0 Å². The van der Waals surface area contributed by atoms with Gasteiger partial charge in [0.05, 0.1) is 6.54 Å². The van der Waals surface area contributed by atoms with Crippen LogP contribution in [0.15, 0.2) is 11.6 Å². The molecule has 0 aliphatic heterocycles. The number of halogens is 3. The van der Waals surface area contributed by atoms with Gasteiger partial charge in [-0.15, -0.1) is 11.3 Å². The van der Waals surface area contributed by atoms with Gasteiger partial charge in [-0.3, -0.25) is 4.79 Å². The van der Waals surface area contributed by atoms with E-state index in [9.17, 15) is 18.0 Å². The van der Waals surface area contributed by atoms with Gasteiger partial charge in [0.1, 0.15) is 0 Å². The second-order valence-corrected chi connectivity index (χ2v) is 3.50. The SMILES string of the molecule is O=C(NCC(O)C(F)(F)F)c1nccs1. The first kappa shape index (κ1) is 11.9. The molecule has 8 heteroatoms. The molecule has 1 aromatic rings. The van der Waals surface area contributed by atoms with Crippen LogP contribution in [0.2, 0.25) is 0 Å². The topological polar surface area (TPSA) is 62.2 Å². The molecule has 1 amide bonds. The van der Waals surface area contributed by atoms with Crippen LogP contribution in [-0.2, 0) is 0 Å². The Balaban J connectivity index is 2.42. The van der Waals surface area contributed by atoms with Gasteiger partial charge in [0.2, 0.25) is 0 Å². The van der Waals surface area contributed by atoms with E-state index < -0.39 is 24.7 Å². The first-order valence-electron chi connectivity index (χ1n) is 3.83. The molecule has 0 spiro atoms. The molecule has 1 unspecified atom stereocenters. The summed E-state index contributed by atoms with van der Waals surface area (Å²) < 4.78 is 35.5. The molecule has 84 valence electrons. The van der Waals surface area contributed by atoms with Crippen molar-refractivity contribution in [3.8, 4) is 0 Å². The maximum Gasteiger partial charge on any atom is 0.416 e. The number of nitrogens with one attached hydrogen (secondary N) is 1. The minimum absolute atomic E-state index is 0.0596. The van der Waals surface area contributed by atoms with Crippen LogP contribution in [0.1, 0.15) is 9.80 Å². The third-order valence-corrected chi connectivity index (χ3v) is 2.23. The smallest absolute Gasteiger partial charge is 0.382 e. The lowest BCUT2D eigenvalue weighted by atomic mass is 10.3. The number of amides is 1. The molecule has 1 atom stereocenters. The zero-order chi connectivity index (χ0) is 11.5. The minimum Gasteiger partial charge on any atom is -0.382 e. The summed E-state index contributed by atoms with van der Waals surface area (Å²) in [6.07, 6.45) is -5.92. The predicted octanol–water partition coefficient (Wildman–Crippen LogP) is 0.796. The average molecular weight is 240 g/mol. The number of aliphatic hydroxyl groups excluding tert-OH is 1. The van der Waals surface area contributed by atoms with Gasteiger partial charge in [-0.25, -0.2) is 4.98 Å². The zero-order valence-corrected chi connectivity index (χ0v) is 8.10. The van der Waals surface area contributed by atoms with Crippen LogP contribution < -0.4 is 5.32 Å². The number of carbonyl (C=O) groups excluding carboxylic acids is 1. The monoisotopic (exact) mass is 240 g/mol. The first-order valence-corrected chi connectivity index (χ1v) is 4.71. The molecule has 4 nitrogen and oxygen atoms in total. The van der Waals surface area contributed by atoms with E-state index in [1.165, 1.54) is 11.6 Å². The third kappa shape index (κ3) is 3.48. The lowest BCUT2D eigenvalue weighted by molar-refractivity contribution is -0.201. The lowest BCUT2D eigenvalue weighted by Gasteiger charge is -2.14. The second-order valence-electron chi connectivity index (χ2n) is 2.60. The summed E-state index contributed by atoms with van der Waals surface area (Å²) in [7, 11) is 0. The van der Waals surface area contributed by atoms with Crippen LogP contribution in [0, 0.1) is 0 Å². The second kappa shape index (κ2) is 4.58. The van der Waals surface area contributed by atoms with Crippen LogP contribution in [0.4, 0.5) is 13.2 Å². The Morgan fingerprint density at radius 1 is 1.67 bits per heavy atom. The highest BCUT2D eigenvalue weighted by Gasteiger charge is 2.38. The van der Waals surface area contributed by atoms with E-state index in [0.717, 1.165) is 11.3 Å². The summed E-state index contributed by atoms with van der Waals surface area (Å²) >= 11 is 1.00. The molecular formula is C7H7F3N2O2S. The summed E-state index contributed by atoms with van der Waals surface area (Å²) in [5.74, 6) is -0.728. The van der Waals surface area contributed by atoms with E-state index in [1.807, 2.05) is 5.32 Å². The number of thiazole rings is 1. The highest BCUT2D eigenvalue weighted by atomic mass is 32.1. The van der Waals surface area contributed by atoms with E-state index in [4.69, 9.17) is 5.11 Å². The van der Waals surface area contributed by atoms with Crippen LogP contribution in [0.25, 0.3) is 0 Å². The molecule has 1 heterocycles. The van der Waals surface area contributed by atoms with Crippen molar-refractivity contribution >= 4 is 17.2 Å². The molecule has 0 fully saturated rings. The summed E-state index contributed by atoms with van der Waals surface area (Å²) in [6, 6.07) is 0. The highest BCUT2D eigenvalue weighted by molar-refractivity contribution is 7.11. The summed E-state index contributed by atoms with van der Waals surface area (Å²) in [5.41, 5.74) is 0. The molecule has 2 N–H and O–H groups in total. The van der Waals surface area contributed by atoms with Gasteiger partial charge in [0.25, 0.3) is 5.91 Å². The van der Waals surface area contributed by atoms with Crippen molar-refractivity contribution in [3.63, 3.8) is 0 Å². The van der Waals surface area contributed by atoms with Crippen molar-refractivity contribution in [1.29, 1.82) is 0 Å². The maximum atomic E-state index is 11.8. The number of hydrogen-bond acceptors (Lipinski definition) is 4. The number of hydrogen-bond donors (Lipinski definition) is 2. The standard InChI is InChI=1S/C7H7F3N2O2S/c8-7(9,10)4(13)3-12-5(14)6-11-1-2-15-6/h1-2,4,13H,3H2,(H,12,14). The van der Waals surface area contributed by atoms with E-state index in [2.05, 4.69) is 4.98 Å². The number of nitrogens with zero attached hydrogens (tertiary/aromatic N) is 1. The van der Waals surface area contributed by atoms with Crippen LogP contribution >= 0.6 is 11.3 Å². The fourth-order valence-electron chi connectivity index (χ4n) is 0.716. The number of alkyl halides is 3. The van der Waals surface area contributed by atoms with E-state index in [-0.39, 0.29) is 5.01 Å². The normalized spacial score (nSPS) is 13.6. The lowest BCUT2D eigenvalue weighted by Crippen LogP contribution is -2.40. The van der Waals surface area contributed by atoms with Gasteiger partial charge < -0.3 is 10.4 Å². The highest BCUT2D eigenvalue weighted by Crippen LogP contribution is 2.19. The Morgan fingerprint density at radius 3 is 2.80 bits per heavy atom. The van der Waals surface area contributed by atoms with Crippen molar-refractivity contribution in [3.05, 3.63) is 16.6 Å². The molecule has 0 aliphatic carbocycles. The fraction of sp³-hybridized carbons (Fsp3) is 0.429. The summed E-state index contributed by atoms with van der Waals surface area (Å²) in [5, 5.41) is 12.1. The molecule has 15 heavy (non-hydrogen) atoms. The minimum atomic E-state index is -4.73. The van der Waals surface area contributed by atoms with E-state index in [0.29, 0.717) is 0 Å². The van der Waals surface area contributed by atoms with Crippen molar-refractivity contribution in [2.24, 2.45) is 0 Å². The molecule has 1 rings (SSSR count). The Kier molecular flexibility index (Phi) is 3.64. The van der Waals surface area contributed by atoms with Crippen molar-refractivity contribution < 1.29 is 23.1 Å². The van der Waals surface area contributed by atoms with Crippen molar-refractivity contribution in [1.82, 2.24) is 10.3 Å². The molecular weight excluding hydrogens is 233 g/mol. The van der Waals surface area contributed by atoms with Crippen molar-refractivity contribution in [2.45, 2.75) is 12.3 Å². The molecule has 0 saturated heterocycles. The van der Waals surface area contributed by atoms with Gasteiger partial charge in [0, 0.05) is 11.6 Å². The largest absolute Gasteiger partial charge is 0.416 e. The summed E-state index contributed by atoms with van der Waals surface area (Å²) in [6.45, 7) is -0.873. The fourth-order valence-corrected chi connectivity index (χ4v) is 1.27. The van der Waals surface area contributed by atoms with Gasteiger partial charge in [-0.05, 0) is 0 Å². The molecule has 0 radical (unpaired) electrons. The van der Waals surface area contributed by atoms with Crippen LogP contribution in [0.5, 0.6) is 0 Å². The van der Waals surface area contributed by atoms with Crippen molar-refractivity contribution in [2.75, 3.05) is 6.54 Å². The number of carbonyl (C=O) groups is 1. The maximum absolute atomic E-state index is 11.8. The van der Waals surface area contributed by atoms with E-state index in [1.54, 1.807) is 0 Å². The molecule has 0 aromatic carbocycles. The number of rotatable bonds is 3. The Hall–Kier alpha value is -1.15. The molecule has 0 aliphatic rings. The third-order valence-electron chi connectivity index (χ3n) is 1.46. The Bertz CT molecular complexity index is 325. The average Bonchev–Trinajstić information content (AvgIpc) is 2.64. The van der Waals surface area contributed by atoms with Gasteiger partial charge in [-0.1, -0.05) is 0 Å². The predicted molar refractivity (Wildman–Crippen MR) is 46.5 cm³/mol. The molecule has 1 aromatic heterocycles. The van der Waals surface area contributed by atoms with E-state index >= 15 is 0 Å². The summed E-state index contributed by atoms with van der Waals surface area (Å²) in [4.78, 5) is 14.7. The number of aliphatic hydroxyl groups is 1. The zero-order valence-electron chi connectivity index (χ0n) is 7.28. The van der Waals surface area contributed by atoms with Gasteiger partial charge in [-0.2, -0.15) is 13.2 Å². The first-order chi connectivity index (χ1) is 6.91. The molecule has 0 bridgehead atoms. The van der Waals surface area contributed by atoms with Crippen LogP contribution in [-0.4, -0.2) is 34.8 Å².